The maximum Gasteiger partial charge on any atom is 0.410 e. The highest BCUT2D eigenvalue weighted by Gasteiger charge is 2.21. The first kappa shape index (κ1) is 19.6. The van der Waals surface area contributed by atoms with Crippen LogP contribution < -0.4 is 5.32 Å². The van der Waals surface area contributed by atoms with E-state index in [-0.39, 0.29) is 12.1 Å². The smallest absolute Gasteiger partial charge is 0.410 e. The second kappa shape index (κ2) is 7.86. The van der Waals surface area contributed by atoms with Crippen molar-refractivity contribution < 1.29 is 13.9 Å². The van der Waals surface area contributed by atoms with Gasteiger partial charge in [0, 0.05) is 25.2 Å². The minimum absolute atomic E-state index is 0.224. The molecule has 23 heavy (non-hydrogen) atoms. The highest BCUT2D eigenvalue weighted by Crippen LogP contribution is 2.21. The fraction of sp³-hybridized carbons (Fsp3) is 0.722. The largest absolute Gasteiger partial charge is 0.466 e. The van der Waals surface area contributed by atoms with Gasteiger partial charge in [-0.05, 0) is 60.1 Å². The number of hydrogen-bond acceptors (Lipinski definition) is 4. The third kappa shape index (κ3) is 6.65. The lowest BCUT2D eigenvalue weighted by Gasteiger charge is -2.27. The molecule has 2 atom stereocenters. The van der Waals surface area contributed by atoms with Gasteiger partial charge in [-0.2, -0.15) is 0 Å². The summed E-state index contributed by atoms with van der Waals surface area (Å²) in [5.74, 6) is 2.22. The van der Waals surface area contributed by atoms with Crippen LogP contribution in [0.15, 0.2) is 10.5 Å². The minimum Gasteiger partial charge on any atom is -0.466 e. The number of furan rings is 1. The minimum atomic E-state index is -0.460. The van der Waals surface area contributed by atoms with Crippen molar-refractivity contribution in [1.29, 1.82) is 0 Å². The van der Waals surface area contributed by atoms with Crippen LogP contribution in [0.3, 0.4) is 0 Å². The standard InChI is InChI=1S/C18H32N2O3/c1-12(11-20(8)17(21)23-18(5,6)7)10-19-14(3)16-9-13(2)22-15(16)4/h9,12,14,19H,10-11H2,1-8H3. The van der Waals surface area contributed by atoms with Crippen molar-refractivity contribution in [3.8, 4) is 0 Å². The van der Waals surface area contributed by atoms with Crippen molar-refractivity contribution in [2.75, 3.05) is 20.1 Å². The summed E-state index contributed by atoms with van der Waals surface area (Å²) in [5, 5.41) is 3.51. The van der Waals surface area contributed by atoms with Crippen LogP contribution in [0.1, 0.15) is 57.7 Å². The summed E-state index contributed by atoms with van der Waals surface area (Å²) in [6, 6.07) is 2.30. The Labute approximate surface area is 140 Å². The lowest BCUT2D eigenvalue weighted by Crippen LogP contribution is -2.38. The molecule has 1 aromatic rings. The molecule has 2 unspecified atom stereocenters. The first-order valence-electron chi connectivity index (χ1n) is 8.24. The van der Waals surface area contributed by atoms with Gasteiger partial charge in [0.25, 0.3) is 0 Å². The monoisotopic (exact) mass is 324 g/mol. The molecule has 1 rings (SSSR count). The molecule has 1 heterocycles. The fourth-order valence-electron chi connectivity index (χ4n) is 2.51. The van der Waals surface area contributed by atoms with Crippen LogP contribution in [0.5, 0.6) is 0 Å². The number of hydrogen-bond donors (Lipinski definition) is 1. The molecule has 0 radical (unpaired) electrons. The van der Waals surface area contributed by atoms with Gasteiger partial charge in [-0.1, -0.05) is 6.92 Å². The van der Waals surface area contributed by atoms with Crippen LogP contribution in [0.25, 0.3) is 0 Å². The van der Waals surface area contributed by atoms with Crippen molar-refractivity contribution in [2.24, 2.45) is 5.92 Å². The van der Waals surface area contributed by atoms with Gasteiger partial charge in [0.1, 0.15) is 17.1 Å². The van der Waals surface area contributed by atoms with E-state index >= 15 is 0 Å². The maximum atomic E-state index is 12.0. The average molecular weight is 324 g/mol. The van der Waals surface area contributed by atoms with E-state index in [9.17, 15) is 4.79 Å². The highest BCUT2D eigenvalue weighted by molar-refractivity contribution is 5.67. The molecule has 0 aliphatic heterocycles. The Bertz CT molecular complexity index is 517. The highest BCUT2D eigenvalue weighted by atomic mass is 16.6. The quantitative estimate of drug-likeness (QED) is 0.857. The normalized spacial score (nSPS) is 14.4. The zero-order valence-electron chi connectivity index (χ0n) is 15.8. The molecule has 0 bridgehead atoms. The average Bonchev–Trinajstić information content (AvgIpc) is 2.73. The van der Waals surface area contributed by atoms with Crippen molar-refractivity contribution in [1.82, 2.24) is 10.2 Å². The molecule has 0 spiro atoms. The van der Waals surface area contributed by atoms with Crippen molar-refractivity contribution in [2.45, 2.75) is 60.1 Å². The molecule has 5 heteroatoms. The summed E-state index contributed by atoms with van der Waals surface area (Å²) in [4.78, 5) is 13.6. The molecule has 1 aromatic heterocycles. The zero-order chi connectivity index (χ0) is 17.8. The van der Waals surface area contributed by atoms with E-state index in [0.717, 1.165) is 18.1 Å². The van der Waals surface area contributed by atoms with E-state index in [1.54, 1.807) is 11.9 Å². The van der Waals surface area contributed by atoms with Crippen LogP contribution in [-0.2, 0) is 4.74 Å². The Morgan fingerprint density at radius 2 is 1.96 bits per heavy atom. The van der Waals surface area contributed by atoms with E-state index in [2.05, 4.69) is 25.2 Å². The van der Waals surface area contributed by atoms with Gasteiger partial charge in [0.15, 0.2) is 0 Å². The van der Waals surface area contributed by atoms with Gasteiger partial charge in [-0.15, -0.1) is 0 Å². The van der Waals surface area contributed by atoms with Gasteiger partial charge < -0.3 is 19.4 Å². The van der Waals surface area contributed by atoms with E-state index in [1.807, 2.05) is 34.6 Å². The van der Waals surface area contributed by atoms with Gasteiger partial charge >= 0.3 is 6.09 Å². The summed E-state index contributed by atoms with van der Waals surface area (Å²) >= 11 is 0. The Morgan fingerprint density at radius 3 is 2.43 bits per heavy atom. The predicted molar refractivity (Wildman–Crippen MR) is 92.6 cm³/mol. The third-order valence-electron chi connectivity index (χ3n) is 3.61. The van der Waals surface area contributed by atoms with E-state index in [4.69, 9.17) is 9.15 Å². The molecule has 0 aliphatic carbocycles. The van der Waals surface area contributed by atoms with Crippen molar-refractivity contribution in [3.63, 3.8) is 0 Å². The van der Waals surface area contributed by atoms with E-state index in [0.29, 0.717) is 12.5 Å². The van der Waals surface area contributed by atoms with Gasteiger partial charge in [0.05, 0.1) is 0 Å². The molecule has 0 aliphatic rings. The number of aryl methyl sites for hydroxylation is 2. The third-order valence-corrected chi connectivity index (χ3v) is 3.61. The van der Waals surface area contributed by atoms with Gasteiger partial charge in [-0.25, -0.2) is 4.79 Å². The predicted octanol–water partition coefficient (Wildman–Crippen LogP) is 4.05. The summed E-state index contributed by atoms with van der Waals surface area (Å²) in [7, 11) is 1.78. The van der Waals surface area contributed by atoms with Crippen molar-refractivity contribution in [3.05, 3.63) is 23.2 Å². The number of nitrogens with one attached hydrogen (secondary N) is 1. The Kier molecular flexibility index (Phi) is 6.69. The Balaban J connectivity index is 2.43. The molecular formula is C18H32N2O3. The zero-order valence-corrected chi connectivity index (χ0v) is 15.8. The lowest BCUT2D eigenvalue weighted by atomic mass is 10.1. The van der Waals surface area contributed by atoms with Crippen LogP contribution in [-0.4, -0.2) is 36.7 Å². The number of rotatable bonds is 6. The lowest BCUT2D eigenvalue weighted by molar-refractivity contribution is 0.0276. The van der Waals surface area contributed by atoms with Crippen LogP contribution in [0.4, 0.5) is 4.79 Å². The molecule has 132 valence electrons. The second-order valence-electron chi connectivity index (χ2n) is 7.46. The Morgan fingerprint density at radius 1 is 1.35 bits per heavy atom. The molecule has 0 saturated carbocycles. The van der Waals surface area contributed by atoms with Crippen LogP contribution >= 0.6 is 0 Å². The van der Waals surface area contributed by atoms with Gasteiger partial charge in [-0.3, -0.25) is 0 Å². The number of carbonyl (C=O) groups excluding carboxylic acids is 1. The topological polar surface area (TPSA) is 54.7 Å². The van der Waals surface area contributed by atoms with Crippen LogP contribution in [0, 0.1) is 19.8 Å². The fourth-order valence-corrected chi connectivity index (χ4v) is 2.51. The van der Waals surface area contributed by atoms with Crippen molar-refractivity contribution >= 4 is 6.09 Å². The van der Waals surface area contributed by atoms with Gasteiger partial charge in [0.2, 0.25) is 0 Å². The molecule has 0 aromatic carbocycles. The molecule has 5 nitrogen and oxygen atoms in total. The molecule has 1 amide bonds. The van der Waals surface area contributed by atoms with E-state index in [1.165, 1.54) is 5.56 Å². The summed E-state index contributed by atoms with van der Waals surface area (Å²) in [6.45, 7) is 15.3. The second-order valence-corrected chi connectivity index (χ2v) is 7.46. The summed E-state index contributed by atoms with van der Waals surface area (Å²) in [6.07, 6.45) is -0.279. The Hall–Kier alpha value is -1.49. The van der Waals surface area contributed by atoms with Crippen LogP contribution in [0.2, 0.25) is 0 Å². The number of carbonyl (C=O) groups is 1. The molecule has 0 fully saturated rings. The SMILES string of the molecule is Cc1cc(C(C)NCC(C)CN(C)C(=O)OC(C)(C)C)c(C)o1. The number of amides is 1. The van der Waals surface area contributed by atoms with E-state index < -0.39 is 5.60 Å². The first-order valence-corrected chi connectivity index (χ1v) is 8.24. The number of nitrogens with zero attached hydrogens (tertiary/aromatic N) is 1. The molecular weight excluding hydrogens is 292 g/mol. The molecule has 0 saturated heterocycles. The molecule has 1 N–H and O–H groups in total. The number of ether oxygens (including phenoxy) is 1. The summed E-state index contributed by atoms with van der Waals surface area (Å²) < 4.78 is 10.9. The first-order chi connectivity index (χ1) is 10.5. The summed E-state index contributed by atoms with van der Waals surface area (Å²) in [5.41, 5.74) is 0.730. The maximum absolute atomic E-state index is 12.0.